The van der Waals surface area contributed by atoms with Gasteiger partial charge in [-0.3, -0.25) is 19.6 Å². The predicted octanol–water partition coefficient (Wildman–Crippen LogP) is 7.16. The normalized spacial score (nSPS) is 12.6. The Balaban J connectivity index is 0.000000166. The molecule has 340 valence electrons. The molecule has 2 aromatic heterocycles. The van der Waals surface area contributed by atoms with Crippen LogP contribution in [-0.2, 0) is 0 Å². The molecule has 0 unspecified atom stereocenters. The number of fused-ring (bicyclic) bond motifs is 12. The van der Waals surface area contributed by atoms with Gasteiger partial charge in [-0.05, 0) is 104 Å². The smallest absolute Gasteiger partial charge is 0.252 e. The van der Waals surface area contributed by atoms with Crippen molar-refractivity contribution in [2.45, 2.75) is 0 Å². The van der Waals surface area contributed by atoms with Gasteiger partial charge in [0.15, 0.2) is 46.0 Å². The third-order valence-corrected chi connectivity index (χ3v) is 11.8. The molecular weight excluding hydrogens is 845 g/mol. The largest absolute Gasteiger partial charge is 0.493 e. The number of benzene rings is 6. The summed E-state index contributed by atoms with van der Waals surface area (Å²) in [6.07, 6.45) is 3.62. The van der Waals surface area contributed by atoms with Crippen LogP contribution >= 0.6 is 0 Å². The molecule has 0 atom stereocenters. The fraction of sp³-hybridized carbons (Fsp3) is 0.280. The van der Waals surface area contributed by atoms with E-state index in [1.807, 2.05) is 105 Å². The lowest BCUT2D eigenvalue weighted by Crippen LogP contribution is -2.31. The zero-order valence-corrected chi connectivity index (χ0v) is 38.0. The number of amides is 2. The van der Waals surface area contributed by atoms with E-state index in [0.717, 1.165) is 78.0 Å². The first-order valence-electron chi connectivity index (χ1n) is 21.3. The van der Waals surface area contributed by atoms with Gasteiger partial charge in [0.2, 0.25) is 13.6 Å². The predicted molar refractivity (Wildman–Crippen MR) is 254 cm³/mol. The van der Waals surface area contributed by atoms with Crippen LogP contribution in [0.5, 0.6) is 46.0 Å². The van der Waals surface area contributed by atoms with Crippen molar-refractivity contribution in [2.75, 3.05) is 96.4 Å². The number of likely N-dealkylation sites (N-methyl/N-ethyl adjacent to an activating group) is 2. The molecule has 4 heterocycles. The molecule has 2 aliphatic heterocycles. The Hall–Kier alpha value is -7.56. The molecule has 0 spiro atoms. The highest BCUT2D eigenvalue weighted by Gasteiger charge is 2.23. The molecule has 0 aliphatic carbocycles. The van der Waals surface area contributed by atoms with Crippen LogP contribution in [0.2, 0.25) is 0 Å². The van der Waals surface area contributed by atoms with Crippen LogP contribution in [0.4, 0.5) is 0 Å². The molecule has 8 aromatic rings. The van der Waals surface area contributed by atoms with Crippen LogP contribution < -0.4 is 48.5 Å². The number of carbonyl (C=O) groups is 2. The molecule has 0 saturated heterocycles. The average molecular weight is 895 g/mol. The molecule has 0 bridgehead atoms. The van der Waals surface area contributed by atoms with Gasteiger partial charge in [-0.25, -0.2) is 0 Å². The first-order valence-corrected chi connectivity index (χ1v) is 21.3. The van der Waals surface area contributed by atoms with Crippen molar-refractivity contribution >= 4 is 76.7 Å². The SMILES string of the molecule is COc1cc2c(C(=O)NCCN(C)C)cc3c4cc5c(cc4ncc3c2cc1OC)OCO5.COc1cc2cc(C(=O)NCCN(C)C)c3c4cc5c(cc4ncc3c2cc1OC)OCO5. The Bertz CT molecular complexity index is 3230. The summed E-state index contributed by atoms with van der Waals surface area (Å²) in [5.74, 6) is 4.68. The van der Waals surface area contributed by atoms with E-state index in [1.54, 1.807) is 34.6 Å². The Kier molecular flexibility index (Phi) is 12.0. The minimum absolute atomic E-state index is 0.149. The van der Waals surface area contributed by atoms with Gasteiger partial charge in [0.1, 0.15) is 0 Å². The molecule has 2 amide bonds. The second-order valence-corrected chi connectivity index (χ2v) is 16.4. The quantitative estimate of drug-likeness (QED) is 0.119. The number of ether oxygens (including phenoxy) is 8. The number of carbonyl (C=O) groups excluding carboxylic acids is 2. The second-order valence-electron chi connectivity index (χ2n) is 16.4. The molecule has 2 aliphatic rings. The van der Waals surface area contributed by atoms with E-state index in [4.69, 9.17) is 37.9 Å². The van der Waals surface area contributed by atoms with Gasteiger partial charge in [-0.2, -0.15) is 0 Å². The highest BCUT2D eigenvalue weighted by atomic mass is 16.7. The lowest BCUT2D eigenvalue weighted by Gasteiger charge is -2.16. The second kappa shape index (κ2) is 18.1. The summed E-state index contributed by atoms with van der Waals surface area (Å²) in [7, 11) is 14.3. The average Bonchev–Trinajstić information content (AvgIpc) is 3.99. The Labute approximate surface area is 380 Å². The van der Waals surface area contributed by atoms with Gasteiger partial charge in [0.25, 0.3) is 11.8 Å². The lowest BCUT2D eigenvalue weighted by atomic mass is 9.94. The first-order chi connectivity index (χ1) is 32.0. The molecule has 2 N–H and O–H groups in total. The van der Waals surface area contributed by atoms with Crippen LogP contribution in [0.15, 0.2) is 73.1 Å². The number of rotatable bonds is 12. The summed E-state index contributed by atoms with van der Waals surface area (Å²) >= 11 is 0. The standard InChI is InChI=1S/2C25H25N3O5/c1-28(2)6-5-26-25(29)18-7-14-17-10-23-24(33-13-32-23)11-20(17)27-12-19(14)16-9-22(31-4)21(30-3)8-15(16)18;1-28(2)6-5-26-25(29)17-7-14-8-20(30-3)21(31-4)9-15(14)18-12-27-19-11-23-22(32-13-33-23)10-16(19)24(17)18/h2*7-12H,5-6,13H2,1-4H3,(H,26,29). The van der Waals surface area contributed by atoms with Gasteiger partial charge in [-0.1, -0.05) is 0 Å². The van der Waals surface area contributed by atoms with Gasteiger partial charge in [0, 0.05) is 88.8 Å². The zero-order chi connectivity index (χ0) is 46.2. The van der Waals surface area contributed by atoms with Crippen LogP contribution in [-0.4, -0.2) is 128 Å². The third-order valence-electron chi connectivity index (χ3n) is 11.8. The monoisotopic (exact) mass is 894 g/mol. The fourth-order valence-electron chi connectivity index (χ4n) is 8.41. The third kappa shape index (κ3) is 8.09. The highest BCUT2D eigenvalue weighted by Crippen LogP contribution is 2.44. The maximum absolute atomic E-state index is 13.4. The molecule has 16 heteroatoms. The molecule has 16 nitrogen and oxygen atoms in total. The number of nitrogens with zero attached hydrogens (tertiary/aromatic N) is 4. The fourth-order valence-corrected chi connectivity index (χ4v) is 8.41. The highest BCUT2D eigenvalue weighted by molar-refractivity contribution is 6.25. The zero-order valence-electron chi connectivity index (χ0n) is 38.0. The summed E-state index contributed by atoms with van der Waals surface area (Å²) in [4.78, 5) is 40.1. The van der Waals surface area contributed by atoms with Crippen molar-refractivity contribution in [1.29, 1.82) is 0 Å². The maximum atomic E-state index is 13.4. The van der Waals surface area contributed by atoms with E-state index in [9.17, 15) is 9.59 Å². The Morgan fingerprint density at radius 1 is 0.500 bits per heavy atom. The minimum Gasteiger partial charge on any atom is -0.493 e. The van der Waals surface area contributed by atoms with Crippen molar-refractivity contribution in [3.05, 3.63) is 84.2 Å². The maximum Gasteiger partial charge on any atom is 0.252 e. The summed E-state index contributed by atoms with van der Waals surface area (Å²) in [6.45, 7) is 2.90. The summed E-state index contributed by atoms with van der Waals surface area (Å²) in [6, 6.07) is 18.9. The molecule has 0 radical (unpaired) electrons. The molecule has 6 aromatic carbocycles. The van der Waals surface area contributed by atoms with E-state index in [-0.39, 0.29) is 25.4 Å². The van der Waals surface area contributed by atoms with Gasteiger partial charge in [-0.15, -0.1) is 0 Å². The summed E-state index contributed by atoms with van der Waals surface area (Å²) in [5, 5.41) is 14.6. The van der Waals surface area contributed by atoms with Crippen LogP contribution in [0.25, 0.3) is 64.9 Å². The van der Waals surface area contributed by atoms with Crippen LogP contribution in [0, 0.1) is 0 Å². The van der Waals surface area contributed by atoms with E-state index < -0.39 is 0 Å². The van der Waals surface area contributed by atoms with Gasteiger partial charge in [0.05, 0.1) is 39.5 Å². The van der Waals surface area contributed by atoms with Crippen molar-refractivity contribution < 1.29 is 47.5 Å². The summed E-state index contributed by atoms with van der Waals surface area (Å²) < 4.78 is 44.3. The number of hydrogen-bond donors (Lipinski definition) is 2. The van der Waals surface area contributed by atoms with Crippen molar-refractivity contribution in [3.8, 4) is 46.0 Å². The van der Waals surface area contributed by atoms with E-state index in [0.29, 0.717) is 70.2 Å². The number of hydrogen-bond acceptors (Lipinski definition) is 14. The molecule has 0 saturated carbocycles. The van der Waals surface area contributed by atoms with Gasteiger partial charge >= 0.3 is 0 Å². The number of aromatic nitrogens is 2. The molecular formula is C50H50N6O10. The lowest BCUT2D eigenvalue weighted by molar-refractivity contribution is 0.0944. The Morgan fingerprint density at radius 2 is 0.955 bits per heavy atom. The van der Waals surface area contributed by atoms with E-state index >= 15 is 0 Å². The van der Waals surface area contributed by atoms with Crippen LogP contribution in [0.3, 0.4) is 0 Å². The van der Waals surface area contributed by atoms with Gasteiger partial charge < -0.3 is 58.3 Å². The molecule has 66 heavy (non-hydrogen) atoms. The Morgan fingerprint density at radius 3 is 1.52 bits per heavy atom. The number of pyridine rings is 2. The van der Waals surface area contributed by atoms with Crippen molar-refractivity contribution in [1.82, 2.24) is 30.4 Å². The first kappa shape index (κ1) is 43.7. The number of methoxy groups -OCH3 is 4. The number of nitrogens with one attached hydrogen (secondary N) is 2. The van der Waals surface area contributed by atoms with Crippen LogP contribution in [0.1, 0.15) is 20.7 Å². The topological polar surface area (TPSA) is 164 Å². The van der Waals surface area contributed by atoms with Crippen molar-refractivity contribution in [3.63, 3.8) is 0 Å². The van der Waals surface area contributed by atoms with Crippen molar-refractivity contribution in [2.24, 2.45) is 0 Å². The molecule has 0 fully saturated rings. The minimum atomic E-state index is -0.151. The van der Waals surface area contributed by atoms with E-state index in [2.05, 4.69) is 20.6 Å². The van der Waals surface area contributed by atoms with E-state index in [1.165, 1.54) is 0 Å². The summed E-state index contributed by atoms with van der Waals surface area (Å²) in [5.41, 5.74) is 2.62. The molecule has 10 rings (SSSR count).